The molecular weight excluding hydrogens is 534 g/mol. The summed E-state index contributed by atoms with van der Waals surface area (Å²) in [5.41, 5.74) is 12.8. The normalized spacial score (nSPS) is 13.4. The maximum Gasteiger partial charge on any atom is 0.228 e. The van der Waals surface area contributed by atoms with E-state index in [2.05, 4.69) is 129 Å². The lowest BCUT2D eigenvalue weighted by molar-refractivity contribution is 0.621. The van der Waals surface area contributed by atoms with Crippen molar-refractivity contribution in [3.05, 3.63) is 151 Å². The summed E-state index contributed by atoms with van der Waals surface area (Å²) in [4.78, 5) is 5.04. The summed E-state index contributed by atoms with van der Waals surface area (Å²) in [6.07, 6.45) is 0. The van der Waals surface area contributed by atoms with Gasteiger partial charge in [-0.2, -0.15) is 0 Å². The number of aromatic nitrogens is 1. The highest BCUT2D eigenvalue weighted by Gasteiger charge is 2.36. The van der Waals surface area contributed by atoms with E-state index in [9.17, 15) is 0 Å². The minimum atomic E-state index is -0.118. The van der Waals surface area contributed by atoms with Crippen LogP contribution in [0.15, 0.2) is 144 Å². The van der Waals surface area contributed by atoms with Crippen LogP contribution in [-0.4, -0.2) is 4.98 Å². The van der Waals surface area contributed by atoms with Gasteiger partial charge < -0.3 is 4.42 Å². The summed E-state index contributed by atoms with van der Waals surface area (Å²) in [5.74, 6) is 0.655. The Balaban J connectivity index is 1.44. The molecule has 1 aromatic heterocycles. The quantitative estimate of drug-likeness (QED) is 0.200. The fourth-order valence-corrected chi connectivity index (χ4v) is 7.38. The Kier molecular flexibility index (Phi) is 5.28. The van der Waals surface area contributed by atoms with Crippen molar-refractivity contribution in [1.82, 2.24) is 4.98 Å². The van der Waals surface area contributed by atoms with E-state index < -0.39 is 0 Å². The SMILES string of the molecule is CC1(C)c2ccccc2-c2cc3c(-c4nc5ccccc5o4)c4ccccc4c(-c4cccc(-c5ccccc5)c4)c3cc21. The van der Waals surface area contributed by atoms with Crippen LogP contribution in [0.3, 0.4) is 0 Å². The van der Waals surface area contributed by atoms with E-state index in [1.165, 1.54) is 55.3 Å². The molecule has 44 heavy (non-hydrogen) atoms. The van der Waals surface area contributed by atoms with Crippen LogP contribution in [-0.2, 0) is 5.41 Å². The lowest BCUT2D eigenvalue weighted by Gasteiger charge is -2.23. The summed E-state index contributed by atoms with van der Waals surface area (Å²) in [6.45, 7) is 4.70. The van der Waals surface area contributed by atoms with Gasteiger partial charge in [0.15, 0.2) is 5.58 Å². The smallest absolute Gasteiger partial charge is 0.228 e. The zero-order valence-electron chi connectivity index (χ0n) is 24.6. The summed E-state index contributed by atoms with van der Waals surface area (Å²) in [7, 11) is 0. The number of oxazole rings is 1. The molecule has 208 valence electrons. The number of para-hydroxylation sites is 2. The fourth-order valence-electron chi connectivity index (χ4n) is 7.38. The summed E-state index contributed by atoms with van der Waals surface area (Å²) in [5, 5.41) is 4.69. The van der Waals surface area contributed by atoms with Gasteiger partial charge in [-0.3, -0.25) is 0 Å². The zero-order chi connectivity index (χ0) is 29.4. The first kappa shape index (κ1) is 25.1. The highest BCUT2D eigenvalue weighted by molar-refractivity contribution is 6.22. The topological polar surface area (TPSA) is 26.0 Å². The molecule has 0 spiro atoms. The molecule has 1 heterocycles. The number of benzene rings is 7. The second-order valence-corrected chi connectivity index (χ2v) is 12.3. The zero-order valence-corrected chi connectivity index (χ0v) is 24.6. The van der Waals surface area contributed by atoms with Crippen molar-refractivity contribution >= 4 is 32.6 Å². The van der Waals surface area contributed by atoms with Crippen LogP contribution in [0.25, 0.3) is 77.5 Å². The number of hydrogen-bond donors (Lipinski definition) is 0. The molecule has 0 atom stereocenters. The first-order chi connectivity index (χ1) is 21.6. The number of hydrogen-bond acceptors (Lipinski definition) is 2. The second kappa shape index (κ2) is 9.26. The van der Waals surface area contributed by atoms with E-state index in [4.69, 9.17) is 9.40 Å². The third-order valence-electron chi connectivity index (χ3n) is 9.49. The average Bonchev–Trinajstić information content (AvgIpc) is 3.59. The number of rotatable bonds is 3. The lowest BCUT2D eigenvalue weighted by Crippen LogP contribution is -2.14. The molecule has 0 fully saturated rings. The van der Waals surface area contributed by atoms with Gasteiger partial charge in [0.1, 0.15) is 5.52 Å². The molecule has 0 aliphatic heterocycles. The molecule has 9 rings (SSSR count). The van der Waals surface area contributed by atoms with Crippen LogP contribution >= 0.6 is 0 Å². The van der Waals surface area contributed by atoms with Crippen molar-refractivity contribution in [3.63, 3.8) is 0 Å². The first-order valence-electron chi connectivity index (χ1n) is 15.2. The van der Waals surface area contributed by atoms with Crippen molar-refractivity contribution < 1.29 is 4.42 Å². The molecule has 2 nitrogen and oxygen atoms in total. The van der Waals surface area contributed by atoms with Gasteiger partial charge >= 0.3 is 0 Å². The second-order valence-electron chi connectivity index (χ2n) is 12.3. The minimum absolute atomic E-state index is 0.118. The van der Waals surface area contributed by atoms with E-state index in [1.807, 2.05) is 24.3 Å². The van der Waals surface area contributed by atoms with Crippen molar-refractivity contribution in [2.75, 3.05) is 0 Å². The van der Waals surface area contributed by atoms with Gasteiger partial charge in [-0.1, -0.05) is 123 Å². The molecule has 1 aliphatic rings. The van der Waals surface area contributed by atoms with E-state index >= 15 is 0 Å². The van der Waals surface area contributed by atoms with E-state index in [0.29, 0.717) is 5.89 Å². The Labute approximate surface area is 256 Å². The maximum atomic E-state index is 6.51. The number of nitrogens with zero attached hydrogens (tertiary/aromatic N) is 1. The summed E-state index contributed by atoms with van der Waals surface area (Å²) >= 11 is 0. The highest BCUT2D eigenvalue weighted by Crippen LogP contribution is 2.53. The van der Waals surface area contributed by atoms with Crippen LogP contribution in [0.1, 0.15) is 25.0 Å². The molecule has 0 bridgehead atoms. The largest absolute Gasteiger partial charge is 0.436 e. The molecular formula is C42H29NO. The fraction of sp³-hybridized carbons (Fsp3) is 0.0714. The Hall–Kier alpha value is -5.47. The Bertz CT molecular complexity index is 2380. The van der Waals surface area contributed by atoms with Crippen molar-refractivity contribution in [3.8, 4) is 44.8 Å². The third-order valence-corrected chi connectivity index (χ3v) is 9.49. The van der Waals surface area contributed by atoms with E-state index in [1.54, 1.807) is 0 Å². The third kappa shape index (κ3) is 3.58. The maximum absolute atomic E-state index is 6.51. The first-order valence-corrected chi connectivity index (χ1v) is 15.2. The van der Waals surface area contributed by atoms with Crippen LogP contribution < -0.4 is 0 Å². The van der Waals surface area contributed by atoms with Gasteiger partial charge in [-0.05, 0) is 96.4 Å². The van der Waals surface area contributed by atoms with Crippen molar-refractivity contribution in [2.24, 2.45) is 0 Å². The lowest BCUT2D eigenvalue weighted by atomic mass is 9.80. The summed E-state index contributed by atoms with van der Waals surface area (Å²) < 4.78 is 6.51. The molecule has 0 saturated heterocycles. The van der Waals surface area contributed by atoms with Crippen molar-refractivity contribution in [1.29, 1.82) is 0 Å². The van der Waals surface area contributed by atoms with Crippen LogP contribution in [0, 0.1) is 0 Å². The monoisotopic (exact) mass is 563 g/mol. The molecule has 0 saturated carbocycles. The average molecular weight is 564 g/mol. The Morgan fingerprint density at radius 3 is 1.98 bits per heavy atom. The standard InChI is InChI=1S/C42H29NO/c1-42(2)35-20-9-8-17-29(35)32-24-33-34(25-36(32)42)39(28-16-12-15-27(23-28)26-13-4-3-5-14-26)30-18-6-7-19-31(30)40(33)41-43-37-21-10-11-22-38(37)44-41/h3-25H,1-2H3. The molecule has 2 heteroatoms. The van der Waals surface area contributed by atoms with Gasteiger partial charge in [-0.25, -0.2) is 4.98 Å². The van der Waals surface area contributed by atoms with E-state index in [-0.39, 0.29) is 5.41 Å². The number of fused-ring (bicyclic) bond motifs is 6. The summed E-state index contributed by atoms with van der Waals surface area (Å²) in [6, 6.07) is 50.1. The van der Waals surface area contributed by atoms with Gasteiger partial charge in [0.2, 0.25) is 5.89 Å². The molecule has 0 amide bonds. The molecule has 0 radical (unpaired) electrons. The molecule has 7 aromatic carbocycles. The van der Waals surface area contributed by atoms with Gasteiger partial charge in [0.25, 0.3) is 0 Å². The molecule has 0 unspecified atom stereocenters. The minimum Gasteiger partial charge on any atom is -0.436 e. The molecule has 0 N–H and O–H groups in total. The van der Waals surface area contributed by atoms with Crippen LogP contribution in [0.5, 0.6) is 0 Å². The predicted octanol–water partition coefficient (Wildman–Crippen LogP) is 11.4. The van der Waals surface area contributed by atoms with Crippen LogP contribution in [0.4, 0.5) is 0 Å². The Morgan fingerprint density at radius 1 is 0.477 bits per heavy atom. The van der Waals surface area contributed by atoms with Gasteiger partial charge in [-0.15, -0.1) is 0 Å². The van der Waals surface area contributed by atoms with Gasteiger partial charge in [0, 0.05) is 5.41 Å². The van der Waals surface area contributed by atoms with Crippen molar-refractivity contribution in [2.45, 2.75) is 19.3 Å². The van der Waals surface area contributed by atoms with E-state index in [0.717, 1.165) is 27.4 Å². The van der Waals surface area contributed by atoms with Gasteiger partial charge in [0.05, 0.1) is 5.56 Å². The molecule has 1 aliphatic carbocycles. The highest BCUT2D eigenvalue weighted by atomic mass is 16.3. The molecule has 8 aromatic rings. The Morgan fingerprint density at radius 2 is 1.14 bits per heavy atom. The van der Waals surface area contributed by atoms with Crippen LogP contribution in [0.2, 0.25) is 0 Å². The predicted molar refractivity (Wildman–Crippen MR) is 183 cm³/mol.